The van der Waals surface area contributed by atoms with Gasteiger partial charge in [0.15, 0.2) is 11.5 Å². The quantitative estimate of drug-likeness (QED) is 0.737. The van der Waals surface area contributed by atoms with Crippen LogP contribution in [0.4, 0.5) is 0 Å². The van der Waals surface area contributed by atoms with Gasteiger partial charge < -0.3 is 14.4 Å². The summed E-state index contributed by atoms with van der Waals surface area (Å²) in [4.78, 5) is 13.5. The second kappa shape index (κ2) is 7.14. The van der Waals surface area contributed by atoms with Gasteiger partial charge in [0, 0.05) is 32.5 Å². The Labute approximate surface area is 114 Å². The summed E-state index contributed by atoms with van der Waals surface area (Å²) in [5.74, 6) is 1.95. The van der Waals surface area contributed by atoms with E-state index in [1.165, 1.54) is 0 Å². The van der Waals surface area contributed by atoms with Crippen molar-refractivity contribution in [2.45, 2.75) is 19.3 Å². The van der Waals surface area contributed by atoms with Gasteiger partial charge in [0.2, 0.25) is 0 Å². The fourth-order valence-electron chi connectivity index (χ4n) is 2.23. The maximum absolute atomic E-state index is 11.1. The summed E-state index contributed by atoms with van der Waals surface area (Å²) in [6.07, 6.45) is 2.37. The normalized spacial score (nSPS) is 16.4. The van der Waals surface area contributed by atoms with E-state index in [0.717, 1.165) is 37.6 Å². The van der Waals surface area contributed by atoms with Crippen molar-refractivity contribution in [3.63, 3.8) is 0 Å². The summed E-state index contributed by atoms with van der Waals surface area (Å²) in [7, 11) is 1.65. The number of ketones is 1. The lowest BCUT2D eigenvalue weighted by Gasteiger charge is -2.25. The zero-order chi connectivity index (χ0) is 13.5. The molecule has 1 heterocycles. The van der Waals surface area contributed by atoms with Crippen LogP contribution in [-0.2, 0) is 4.79 Å². The Bertz CT molecular complexity index is 410. The van der Waals surface area contributed by atoms with Crippen molar-refractivity contribution in [3.05, 3.63) is 24.3 Å². The Morgan fingerprint density at radius 2 is 1.84 bits per heavy atom. The second-order valence-corrected chi connectivity index (χ2v) is 4.73. The largest absolute Gasteiger partial charge is 0.493 e. The average Bonchev–Trinajstić information content (AvgIpc) is 2.46. The van der Waals surface area contributed by atoms with Crippen molar-refractivity contribution >= 4 is 5.78 Å². The molecule has 1 aliphatic heterocycles. The molecule has 1 aromatic carbocycles. The van der Waals surface area contributed by atoms with Crippen molar-refractivity contribution in [2.24, 2.45) is 0 Å². The van der Waals surface area contributed by atoms with Crippen molar-refractivity contribution in [1.29, 1.82) is 0 Å². The minimum atomic E-state index is 0.390. The lowest BCUT2D eigenvalue weighted by molar-refractivity contribution is -0.121. The molecule has 4 nitrogen and oxygen atoms in total. The van der Waals surface area contributed by atoms with Crippen LogP contribution >= 0.6 is 0 Å². The third-order valence-corrected chi connectivity index (χ3v) is 3.36. The lowest BCUT2D eigenvalue weighted by Crippen LogP contribution is -2.35. The molecule has 1 fully saturated rings. The molecule has 0 aliphatic carbocycles. The predicted molar refractivity (Wildman–Crippen MR) is 73.8 cm³/mol. The van der Waals surface area contributed by atoms with E-state index in [4.69, 9.17) is 9.47 Å². The molecule has 0 N–H and O–H groups in total. The lowest BCUT2D eigenvalue weighted by atomic mass is 10.1. The molecule has 19 heavy (non-hydrogen) atoms. The number of piperidine rings is 1. The number of carbonyl (C=O) groups is 1. The van der Waals surface area contributed by atoms with Gasteiger partial charge >= 0.3 is 0 Å². The van der Waals surface area contributed by atoms with Gasteiger partial charge in [-0.25, -0.2) is 0 Å². The number of benzene rings is 1. The Balaban J connectivity index is 1.68. The predicted octanol–water partition coefficient (Wildman–Crippen LogP) is 2.13. The van der Waals surface area contributed by atoms with Crippen LogP contribution in [0.5, 0.6) is 11.5 Å². The fraction of sp³-hybridized carbons (Fsp3) is 0.533. The van der Waals surface area contributed by atoms with E-state index in [-0.39, 0.29) is 0 Å². The molecule has 1 saturated heterocycles. The van der Waals surface area contributed by atoms with Crippen molar-refractivity contribution < 1.29 is 14.3 Å². The first-order valence-corrected chi connectivity index (χ1v) is 6.79. The highest BCUT2D eigenvalue weighted by atomic mass is 16.5. The average molecular weight is 263 g/mol. The molecular weight excluding hydrogens is 242 g/mol. The second-order valence-electron chi connectivity index (χ2n) is 4.73. The molecule has 2 rings (SSSR count). The Morgan fingerprint density at radius 1 is 1.16 bits per heavy atom. The van der Waals surface area contributed by atoms with Crippen molar-refractivity contribution in [2.75, 3.05) is 33.4 Å². The van der Waals surface area contributed by atoms with Gasteiger partial charge in [-0.3, -0.25) is 4.79 Å². The van der Waals surface area contributed by atoms with Crippen LogP contribution in [0.15, 0.2) is 24.3 Å². The van der Waals surface area contributed by atoms with E-state index in [0.29, 0.717) is 25.2 Å². The van der Waals surface area contributed by atoms with Gasteiger partial charge in [-0.05, 0) is 18.6 Å². The maximum atomic E-state index is 11.1. The number of Topliss-reactive ketones (excluding diaryl/α,β-unsaturated/α-hetero) is 1. The Hall–Kier alpha value is -1.55. The van der Waals surface area contributed by atoms with Crippen molar-refractivity contribution in [1.82, 2.24) is 4.90 Å². The van der Waals surface area contributed by atoms with Gasteiger partial charge in [-0.1, -0.05) is 12.1 Å². The Kier molecular flexibility index (Phi) is 5.21. The number of para-hydroxylation sites is 2. The minimum absolute atomic E-state index is 0.390. The molecule has 1 aliphatic rings. The SMILES string of the molecule is COc1ccccc1OCCCN1CCC(=O)CC1. The third-order valence-electron chi connectivity index (χ3n) is 3.36. The van der Waals surface area contributed by atoms with E-state index >= 15 is 0 Å². The van der Waals surface area contributed by atoms with E-state index in [1.807, 2.05) is 24.3 Å². The summed E-state index contributed by atoms with van der Waals surface area (Å²) >= 11 is 0. The van der Waals surface area contributed by atoms with Crippen LogP contribution in [0.2, 0.25) is 0 Å². The number of carbonyl (C=O) groups excluding carboxylic acids is 1. The highest BCUT2D eigenvalue weighted by molar-refractivity contribution is 5.79. The van der Waals surface area contributed by atoms with E-state index < -0.39 is 0 Å². The summed E-state index contributed by atoms with van der Waals surface area (Å²) in [5, 5.41) is 0. The monoisotopic (exact) mass is 263 g/mol. The van der Waals surface area contributed by atoms with Crippen LogP contribution in [0, 0.1) is 0 Å². The molecule has 0 atom stereocenters. The van der Waals surface area contributed by atoms with Crippen LogP contribution in [0.1, 0.15) is 19.3 Å². The van der Waals surface area contributed by atoms with E-state index in [9.17, 15) is 4.79 Å². The van der Waals surface area contributed by atoms with E-state index in [2.05, 4.69) is 4.90 Å². The number of nitrogens with zero attached hydrogens (tertiary/aromatic N) is 1. The first kappa shape index (κ1) is 13.9. The van der Waals surface area contributed by atoms with Gasteiger partial charge in [-0.2, -0.15) is 0 Å². The number of hydrogen-bond donors (Lipinski definition) is 0. The first-order chi connectivity index (χ1) is 9.29. The molecule has 0 amide bonds. The maximum Gasteiger partial charge on any atom is 0.161 e. The highest BCUT2D eigenvalue weighted by Gasteiger charge is 2.15. The summed E-state index contributed by atoms with van der Waals surface area (Å²) in [6, 6.07) is 7.68. The topological polar surface area (TPSA) is 38.8 Å². The first-order valence-electron chi connectivity index (χ1n) is 6.79. The zero-order valence-electron chi connectivity index (χ0n) is 11.4. The molecule has 0 bridgehead atoms. The van der Waals surface area contributed by atoms with Crippen LogP contribution in [0.25, 0.3) is 0 Å². The third kappa shape index (κ3) is 4.24. The number of hydrogen-bond acceptors (Lipinski definition) is 4. The van der Waals surface area contributed by atoms with Crippen LogP contribution in [0.3, 0.4) is 0 Å². The van der Waals surface area contributed by atoms with Crippen LogP contribution in [-0.4, -0.2) is 44.0 Å². The Morgan fingerprint density at radius 3 is 2.53 bits per heavy atom. The van der Waals surface area contributed by atoms with E-state index in [1.54, 1.807) is 7.11 Å². The molecule has 4 heteroatoms. The summed E-state index contributed by atoms with van der Waals surface area (Å²) < 4.78 is 11.0. The van der Waals surface area contributed by atoms with Gasteiger partial charge in [0.1, 0.15) is 5.78 Å². The minimum Gasteiger partial charge on any atom is -0.493 e. The number of methoxy groups -OCH3 is 1. The van der Waals surface area contributed by atoms with Crippen LogP contribution < -0.4 is 9.47 Å². The summed E-state index contributed by atoms with van der Waals surface area (Å²) in [5.41, 5.74) is 0. The number of ether oxygens (including phenoxy) is 2. The number of rotatable bonds is 6. The molecule has 104 valence electrons. The molecule has 1 aromatic rings. The molecular formula is C15H21NO3. The molecule has 0 aromatic heterocycles. The fourth-order valence-corrected chi connectivity index (χ4v) is 2.23. The van der Waals surface area contributed by atoms with Crippen molar-refractivity contribution in [3.8, 4) is 11.5 Å². The molecule has 0 saturated carbocycles. The highest BCUT2D eigenvalue weighted by Crippen LogP contribution is 2.25. The van der Waals surface area contributed by atoms with Gasteiger partial charge in [0.25, 0.3) is 0 Å². The molecule has 0 unspecified atom stereocenters. The zero-order valence-corrected chi connectivity index (χ0v) is 11.4. The molecule has 0 radical (unpaired) electrons. The smallest absolute Gasteiger partial charge is 0.161 e. The number of likely N-dealkylation sites (tertiary alicyclic amines) is 1. The van der Waals surface area contributed by atoms with Gasteiger partial charge in [0.05, 0.1) is 13.7 Å². The standard InChI is InChI=1S/C15H21NO3/c1-18-14-5-2-3-6-15(14)19-12-4-9-16-10-7-13(17)8-11-16/h2-3,5-6H,4,7-12H2,1H3. The van der Waals surface area contributed by atoms with Gasteiger partial charge in [-0.15, -0.1) is 0 Å². The molecule has 0 spiro atoms. The summed E-state index contributed by atoms with van der Waals surface area (Å²) in [6.45, 7) is 3.45.